The Hall–Kier alpha value is -2.42. The quantitative estimate of drug-likeness (QED) is 0.406. The number of pyridine rings is 1. The second kappa shape index (κ2) is 11.8. The molecule has 6 nitrogen and oxygen atoms in total. The van der Waals surface area contributed by atoms with E-state index in [9.17, 15) is 9.90 Å². The van der Waals surface area contributed by atoms with Crippen molar-refractivity contribution in [2.75, 3.05) is 19.5 Å². The number of rotatable bonds is 10. The summed E-state index contributed by atoms with van der Waals surface area (Å²) in [5.41, 5.74) is 2.39. The first-order valence-electron chi connectivity index (χ1n) is 11.6. The molecule has 1 aromatic heterocycles. The monoisotopic (exact) mass is 481 g/mol. The molecule has 0 spiro atoms. The standard InChI is InChI=1S/C27H31NO5S/c1-34-23-11-9-21(10-12-23)27(33-25(14-16-29)24-18-22(30)13-15-28-24)26(8-5-17-32-27)31-19-20-6-3-2-4-7-20/h2-4,6-7,9-13,15,18,25-26,29H,5,8,14,16-17,19H2,1H3,(H,28,30). The summed E-state index contributed by atoms with van der Waals surface area (Å²) in [6.45, 7) is 0.848. The lowest BCUT2D eigenvalue weighted by atomic mass is 9.93. The Bertz CT molecular complexity index is 1090. The molecule has 2 heterocycles. The van der Waals surface area contributed by atoms with Crippen LogP contribution >= 0.6 is 11.8 Å². The SMILES string of the molecule is CSc1ccc(C2(OC(CCO)c3cc(=O)cc[nH]3)OCCCC2OCc2ccccc2)cc1. The van der Waals surface area contributed by atoms with Crippen LogP contribution in [0.2, 0.25) is 0 Å². The van der Waals surface area contributed by atoms with Gasteiger partial charge in [-0.1, -0.05) is 42.5 Å². The van der Waals surface area contributed by atoms with Crippen LogP contribution in [0.4, 0.5) is 0 Å². The van der Waals surface area contributed by atoms with Gasteiger partial charge in [0, 0.05) is 47.5 Å². The van der Waals surface area contributed by atoms with Crippen LogP contribution in [0.15, 0.2) is 82.6 Å². The number of aromatic nitrogens is 1. The number of thioether (sulfide) groups is 1. The van der Waals surface area contributed by atoms with Gasteiger partial charge in [-0.15, -0.1) is 11.8 Å². The van der Waals surface area contributed by atoms with E-state index >= 15 is 0 Å². The van der Waals surface area contributed by atoms with E-state index in [4.69, 9.17) is 14.2 Å². The Labute approximate surface area is 204 Å². The third kappa shape index (κ3) is 5.79. The molecule has 1 aliphatic rings. The van der Waals surface area contributed by atoms with E-state index in [2.05, 4.69) is 4.98 Å². The van der Waals surface area contributed by atoms with E-state index in [0.717, 1.165) is 28.9 Å². The molecule has 3 aromatic rings. The van der Waals surface area contributed by atoms with Crippen LogP contribution in [0, 0.1) is 0 Å². The topological polar surface area (TPSA) is 80.8 Å². The lowest BCUT2D eigenvalue weighted by molar-refractivity contribution is -0.339. The number of hydrogen-bond acceptors (Lipinski definition) is 6. The van der Waals surface area contributed by atoms with Gasteiger partial charge in [0.2, 0.25) is 5.79 Å². The summed E-state index contributed by atoms with van der Waals surface area (Å²) in [6, 6.07) is 21.1. The molecular weight excluding hydrogens is 450 g/mol. The van der Waals surface area contributed by atoms with Gasteiger partial charge in [0.1, 0.15) is 12.2 Å². The van der Waals surface area contributed by atoms with Crippen molar-refractivity contribution in [2.45, 2.75) is 48.8 Å². The maximum absolute atomic E-state index is 12.0. The molecule has 0 saturated carbocycles. The van der Waals surface area contributed by atoms with E-state index < -0.39 is 11.9 Å². The highest BCUT2D eigenvalue weighted by molar-refractivity contribution is 7.98. The van der Waals surface area contributed by atoms with Crippen LogP contribution in [-0.4, -0.2) is 35.7 Å². The van der Waals surface area contributed by atoms with Crippen molar-refractivity contribution in [1.29, 1.82) is 0 Å². The Kier molecular flexibility index (Phi) is 8.59. The zero-order valence-electron chi connectivity index (χ0n) is 19.3. The van der Waals surface area contributed by atoms with Gasteiger partial charge in [0.15, 0.2) is 5.43 Å². The van der Waals surface area contributed by atoms with Crippen LogP contribution in [0.5, 0.6) is 0 Å². The van der Waals surface area contributed by atoms with Crippen LogP contribution in [0.1, 0.15) is 42.2 Å². The molecular formula is C27H31NO5S. The molecule has 4 rings (SSSR count). The molecule has 1 saturated heterocycles. The zero-order valence-corrected chi connectivity index (χ0v) is 20.1. The molecule has 3 unspecified atom stereocenters. The van der Waals surface area contributed by atoms with Gasteiger partial charge >= 0.3 is 0 Å². The number of H-pyrrole nitrogens is 1. The second-order valence-electron chi connectivity index (χ2n) is 8.27. The number of benzene rings is 2. The average Bonchev–Trinajstić information content (AvgIpc) is 2.88. The third-order valence-electron chi connectivity index (χ3n) is 5.99. The largest absolute Gasteiger partial charge is 0.396 e. The van der Waals surface area contributed by atoms with Gasteiger partial charge in [-0.2, -0.15) is 0 Å². The summed E-state index contributed by atoms with van der Waals surface area (Å²) in [6.07, 6.45) is 4.58. The van der Waals surface area contributed by atoms with E-state index in [1.54, 1.807) is 18.0 Å². The summed E-state index contributed by atoms with van der Waals surface area (Å²) in [5.74, 6) is -1.18. The molecule has 0 bridgehead atoms. The minimum atomic E-state index is -1.18. The Balaban J connectivity index is 1.71. The highest BCUT2D eigenvalue weighted by Crippen LogP contribution is 2.43. The molecule has 34 heavy (non-hydrogen) atoms. The molecule has 1 fully saturated rings. The summed E-state index contributed by atoms with van der Waals surface area (Å²) < 4.78 is 19.6. The summed E-state index contributed by atoms with van der Waals surface area (Å²) in [4.78, 5) is 16.3. The Morgan fingerprint density at radius 1 is 1.18 bits per heavy atom. The van der Waals surface area contributed by atoms with Gasteiger partial charge < -0.3 is 24.3 Å². The second-order valence-corrected chi connectivity index (χ2v) is 9.15. The molecule has 0 radical (unpaired) electrons. The predicted molar refractivity (Wildman–Crippen MR) is 133 cm³/mol. The van der Waals surface area contributed by atoms with Crippen molar-refractivity contribution in [3.8, 4) is 0 Å². The van der Waals surface area contributed by atoms with Gasteiger partial charge in [0.25, 0.3) is 0 Å². The van der Waals surface area contributed by atoms with Crippen LogP contribution in [-0.2, 0) is 26.6 Å². The minimum Gasteiger partial charge on any atom is -0.396 e. The minimum absolute atomic E-state index is 0.0986. The first-order valence-corrected chi connectivity index (χ1v) is 12.8. The van der Waals surface area contributed by atoms with E-state index in [1.807, 2.05) is 60.9 Å². The summed E-state index contributed by atoms with van der Waals surface area (Å²) in [5, 5.41) is 9.79. The number of ether oxygens (including phenoxy) is 3. The van der Waals surface area contributed by atoms with Gasteiger partial charge in [0.05, 0.1) is 13.2 Å². The highest BCUT2D eigenvalue weighted by atomic mass is 32.2. The third-order valence-corrected chi connectivity index (χ3v) is 6.73. The number of hydrogen-bond donors (Lipinski definition) is 2. The highest BCUT2D eigenvalue weighted by Gasteiger charge is 2.48. The number of aliphatic hydroxyl groups excluding tert-OH is 1. The van der Waals surface area contributed by atoms with Crippen molar-refractivity contribution in [3.63, 3.8) is 0 Å². The van der Waals surface area contributed by atoms with Crippen LogP contribution in [0.25, 0.3) is 0 Å². The van der Waals surface area contributed by atoms with Crippen molar-refractivity contribution < 1.29 is 19.3 Å². The fourth-order valence-electron chi connectivity index (χ4n) is 4.27. The Morgan fingerprint density at radius 3 is 2.68 bits per heavy atom. The number of aliphatic hydroxyl groups is 1. The molecule has 0 aliphatic carbocycles. The first kappa shape index (κ1) is 24.7. The number of aromatic amines is 1. The van der Waals surface area contributed by atoms with E-state index in [0.29, 0.717) is 25.3 Å². The van der Waals surface area contributed by atoms with Crippen LogP contribution in [0.3, 0.4) is 0 Å². The van der Waals surface area contributed by atoms with Gasteiger partial charge in [-0.25, -0.2) is 0 Å². The molecule has 1 aliphatic heterocycles. The Morgan fingerprint density at radius 2 is 1.97 bits per heavy atom. The van der Waals surface area contributed by atoms with E-state index in [-0.39, 0.29) is 18.1 Å². The summed E-state index contributed by atoms with van der Waals surface area (Å²) in [7, 11) is 0. The maximum atomic E-state index is 12.0. The average molecular weight is 482 g/mol. The fraction of sp³-hybridized carbons (Fsp3) is 0.370. The molecule has 2 aromatic carbocycles. The zero-order chi connectivity index (χ0) is 23.8. The van der Waals surface area contributed by atoms with Crippen molar-refractivity contribution in [1.82, 2.24) is 4.98 Å². The predicted octanol–water partition coefficient (Wildman–Crippen LogP) is 4.79. The fourth-order valence-corrected chi connectivity index (χ4v) is 4.67. The van der Waals surface area contributed by atoms with Crippen molar-refractivity contribution >= 4 is 11.8 Å². The lowest BCUT2D eigenvalue weighted by Gasteiger charge is -2.45. The van der Waals surface area contributed by atoms with Gasteiger partial charge in [-0.05, 0) is 36.8 Å². The van der Waals surface area contributed by atoms with E-state index in [1.165, 1.54) is 12.1 Å². The molecule has 180 valence electrons. The molecule has 7 heteroatoms. The van der Waals surface area contributed by atoms with Crippen molar-refractivity contribution in [3.05, 3.63) is 100.0 Å². The lowest BCUT2D eigenvalue weighted by Crippen LogP contribution is -2.50. The smallest absolute Gasteiger partial charge is 0.222 e. The molecule has 2 N–H and O–H groups in total. The van der Waals surface area contributed by atoms with Gasteiger partial charge in [-0.3, -0.25) is 4.79 Å². The maximum Gasteiger partial charge on any atom is 0.222 e. The normalized spacial score (nSPS) is 21.3. The summed E-state index contributed by atoms with van der Waals surface area (Å²) >= 11 is 1.67. The van der Waals surface area contributed by atoms with Crippen LogP contribution < -0.4 is 5.43 Å². The molecule has 3 atom stereocenters. The number of nitrogens with one attached hydrogen (secondary N) is 1. The molecule has 0 amide bonds. The van der Waals surface area contributed by atoms with Crippen molar-refractivity contribution in [2.24, 2.45) is 0 Å². The first-order chi connectivity index (χ1) is 16.6.